The number of thioether (sulfide) groups is 1. The van der Waals surface area contributed by atoms with E-state index in [1.807, 2.05) is 29.2 Å². The molecule has 0 radical (unpaired) electrons. The third kappa shape index (κ3) is 3.87. The number of carbonyl (C=O) groups is 1. The summed E-state index contributed by atoms with van der Waals surface area (Å²) in [7, 11) is 0. The van der Waals surface area contributed by atoms with Crippen LogP contribution in [-0.4, -0.2) is 37.6 Å². The maximum absolute atomic E-state index is 14.4. The van der Waals surface area contributed by atoms with Gasteiger partial charge in [0.15, 0.2) is 5.16 Å². The lowest BCUT2D eigenvalue weighted by molar-refractivity contribution is -0.129. The highest BCUT2D eigenvalue weighted by Crippen LogP contribution is 2.29. The first-order valence-corrected chi connectivity index (χ1v) is 12.8. The molecule has 36 heavy (non-hydrogen) atoms. The molecule has 1 N–H and O–H groups in total. The standard InChI is InChI=1S/C28H23FN4O2S/c1-17-10-11-18(14-22(17)29)33-27(35)20-7-3-5-9-24(20)31-28(33)36-16-26(34)32-13-12-25-21(15-32)19-6-2-4-8-23(19)30-25/h2-11,14,30H,12-13,15-16H2,1H3. The number of aryl methyl sites for hydroxylation is 1. The third-order valence-corrected chi connectivity index (χ3v) is 7.64. The van der Waals surface area contributed by atoms with Crippen LogP contribution >= 0.6 is 11.8 Å². The quantitative estimate of drug-likeness (QED) is 0.280. The summed E-state index contributed by atoms with van der Waals surface area (Å²) in [6.45, 7) is 2.84. The summed E-state index contributed by atoms with van der Waals surface area (Å²) in [6, 6.07) is 19.9. The van der Waals surface area contributed by atoms with E-state index in [4.69, 9.17) is 0 Å². The molecule has 3 heterocycles. The van der Waals surface area contributed by atoms with Gasteiger partial charge in [0.2, 0.25) is 5.91 Å². The van der Waals surface area contributed by atoms with Gasteiger partial charge in [-0.25, -0.2) is 9.37 Å². The van der Waals surface area contributed by atoms with Crippen molar-refractivity contribution in [1.29, 1.82) is 0 Å². The van der Waals surface area contributed by atoms with Gasteiger partial charge >= 0.3 is 0 Å². The number of rotatable bonds is 4. The number of halogens is 1. The number of amides is 1. The largest absolute Gasteiger partial charge is 0.358 e. The Morgan fingerprint density at radius 2 is 1.86 bits per heavy atom. The number of aromatic amines is 1. The molecule has 0 saturated heterocycles. The molecule has 1 aliphatic rings. The van der Waals surface area contributed by atoms with Crippen LogP contribution in [0.15, 0.2) is 76.7 Å². The van der Waals surface area contributed by atoms with Gasteiger partial charge in [-0.15, -0.1) is 0 Å². The average molecular weight is 499 g/mol. The first-order chi connectivity index (χ1) is 17.5. The Labute approximate surface area is 210 Å². The molecule has 0 saturated carbocycles. The molecule has 1 aliphatic heterocycles. The van der Waals surface area contributed by atoms with Crippen LogP contribution in [0.2, 0.25) is 0 Å². The minimum atomic E-state index is -0.401. The van der Waals surface area contributed by atoms with E-state index in [1.165, 1.54) is 28.1 Å². The summed E-state index contributed by atoms with van der Waals surface area (Å²) in [6.07, 6.45) is 0.766. The smallest absolute Gasteiger partial charge is 0.266 e. The Balaban J connectivity index is 1.31. The lowest BCUT2D eigenvalue weighted by atomic mass is 10.0. The predicted molar refractivity (Wildman–Crippen MR) is 140 cm³/mol. The monoisotopic (exact) mass is 498 g/mol. The van der Waals surface area contributed by atoms with Crippen LogP contribution in [0.4, 0.5) is 4.39 Å². The Kier molecular flexibility index (Phi) is 5.60. The van der Waals surface area contributed by atoms with Gasteiger partial charge in [-0.05, 0) is 42.8 Å². The summed E-state index contributed by atoms with van der Waals surface area (Å²) >= 11 is 1.20. The fourth-order valence-corrected chi connectivity index (χ4v) is 5.67. The maximum atomic E-state index is 14.4. The van der Waals surface area contributed by atoms with Crippen molar-refractivity contribution in [3.63, 3.8) is 0 Å². The molecule has 0 spiro atoms. The molecule has 6 nitrogen and oxygen atoms in total. The summed E-state index contributed by atoms with van der Waals surface area (Å²) in [5.74, 6) is -0.306. The van der Waals surface area contributed by atoms with Gasteiger partial charge in [0, 0.05) is 41.7 Å². The highest BCUT2D eigenvalue weighted by molar-refractivity contribution is 7.99. The summed E-state index contributed by atoms with van der Waals surface area (Å²) in [5.41, 5.74) is 4.55. The fourth-order valence-electron chi connectivity index (χ4n) is 4.75. The van der Waals surface area contributed by atoms with Crippen LogP contribution < -0.4 is 5.56 Å². The molecule has 0 bridgehead atoms. The van der Waals surface area contributed by atoms with E-state index >= 15 is 0 Å². The van der Waals surface area contributed by atoms with Gasteiger partial charge in [0.25, 0.3) is 5.56 Å². The van der Waals surface area contributed by atoms with Crippen molar-refractivity contribution >= 4 is 39.5 Å². The lowest BCUT2D eigenvalue weighted by Crippen LogP contribution is -2.37. The van der Waals surface area contributed by atoms with Crippen molar-refractivity contribution in [2.75, 3.05) is 12.3 Å². The second kappa shape index (κ2) is 8.95. The molecule has 6 rings (SSSR count). The summed E-state index contributed by atoms with van der Waals surface area (Å²) in [4.78, 5) is 36.7. The van der Waals surface area contributed by atoms with E-state index in [2.05, 4.69) is 16.0 Å². The van der Waals surface area contributed by atoms with Crippen molar-refractivity contribution in [3.05, 3.63) is 99.7 Å². The Bertz CT molecular complexity index is 1710. The van der Waals surface area contributed by atoms with E-state index in [9.17, 15) is 14.0 Å². The Hall–Kier alpha value is -3.91. The van der Waals surface area contributed by atoms with Gasteiger partial charge in [0.05, 0.1) is 22.3 Å². The van der Waals surface area contributed by atoms with Crippen LogP contribution in [0.25, 0.3) is 27.5 Å². The van der Waals surface area contributed by atoms with Crippen molar-refractivity contribution in [2.45, 2.75) is 25.0 Å². The molecule has 0 aliphatic carbocycles. The van der Waals surface area contributed by atoms with E-state index < -0.39 is 5.82 Å². The topological polar surface area (TPSA) is 71.0 Å². The molecule has 8 heteroatoms. The molecule has 0 atom stereocenters. The SMILES string of the molecule is Cc1ccc(-n2c(SCC(=O)N3CCc4[nH]c5ccccc5c4C3)nc3ccccc3c2=O)cc1F. The molecule has 1 amide bonds. The van der Waals surface area contributed by atoms with Crippen LogP contribution in [-0.2, 0) is 17.8 Å². The Morgan fingerprint density at radius 3 is 2.69 bits per heavy atom. The van der Waals surface area contributed by atoms with Crippen LogP contribution in [0.1, 0.15) is 16.8 Å². The zero-order valence-electron chi connectivity index (χ0n) is 19.6. The highest BCUT2D eigenvalue weighted by Gasteiger charge is 2.25. The zero-order valence-corrected chi connectivity index (χ0v) is 20.4. The summed E-state index contributed by atoms with van der Waals surface area (Å²) in [5, 5.41) is 1.95. The second-order valence-electron chi connectivity index (χ2n) is 8.97. The summed E-state index contributed by atoms with van der Waals surface area (Å²) < 4.78 is 15.8. The van der Waals surface area contributed by atoms with E-state index in [-0.39, 0.29) is 17.2 Å². The van der Waals surface area contributed by atoms with E-state index in [0.29, 0.717) is 40.4 Å². The minimum absolute atomic E-state index is 0.0278. The fraction of sp³-hybridized carbons (Fsp3) is 0.179. The molecular weight excluding hydrogens is 475 g/mol. The number of H-pyrrole nitrogens is 1. The average Bonchev–Trinajstić information content (AvgIpc) is 3.27. The molecule has 2 aromatic heterocycles. The van der Waals surface area contributed by atoms with Gasteiger partial charge in [-0.2, -0.15) is 0 Å². The zero-order chi connectivity index (χ0) is 24.8. The second-order valence-corrected chi connectivity index (χ2v) is 9.91. The number of benzene rings is 3. The lowest BCUT2D eigenvalue weighted by Gasteiger charge is -2.27. The van der Waals surface area contributed by atoms with Crippen molar-refractivity contribution in [2.24, 2.45) is 0 Å². The van der Waals surface area contributed by atoms with Gasteiger partial charge in [-0.1, -0.05) is 48.2 Å². The van der Waals surface area contributed by atoms with E-state index in [1.54, 1.807) is 37.3 Å². The predicted octanol–water partition coefficient (Wildman–Crippen LogP) is 4.99. The number of hydrogen-bond donors (Lipinski definition) is 1. The van der Waals surface area contributed by atoms with Crippen molar-refractivity contribution in [3.8, 4) is 5.69 Å². The van der Waals surface area contributed by atoms with E-state index in [0.717, 1.165) is 22.9 Å². The third-order valence-electron chi connectivity index (χ3n) is 6.72. The van der Waals surface area contributed by atoms with Crippen LogP contribution in [0.3, 0.4) is 0 Å². The molecule has 180 valence electrons. The molecule has 0 unspecified atom stereocenters. The first kappa shape index (κ1) is 22.5. The number of nitrogens with one attached hydrogen (secondary N) is 1. The normalized spacial score (nSPS) is 13.3. The molecule has 0 fully saturated rings. The minimum Gasteiger partial charge on any atom is -0.358 e. The number of fused-ring (bicyclic) bond motifs is 4. The number of para-hydroxylation sites is 2. The van der Waals surface area contributed by atoms with Crippen LogP contribution in [0.5, 0.6) is 0 Å². The van der Waals surface area contributed by atoms with Gasteiger partial charge in [-0.3, -0.25) is 14.2 Å². The van der Waals surface area contributed by atoms with Crippen LogP contribution in [0, 0.1) is 12.7 Å². The van der Waals surface area contributed by atoms with Gasteiger partial charge < -0.3 is 9.88 Å². The Morgan fingerprint density at radius 1 is 1.08 bits per heavy atom. The van der Waals surface area contributed by atoms with Crippen molar-refractivity contribution in [1.82, 2.24) is 19.4 Å². The number of hydrogen-bond acceptors (Lipinski definition) is 4. The number of carbonyl (C=O) groups excluding carboxylic acids is 1. The molecular formula is C28H23FN4O2S. The first-order valence-electron chi connectivity index (χ1n) is 11.8. The number of aromatic nitrogens is 3. The number of nitrogens with zero attached hydrogens (tertiary/aromatic N) is 3. The molecule has 3 aromatic carbocycles. The molecule has 5 aromatic rings. The van der Waals surface area contributed by atoms with Crippen molar-refractivity contribution < 1.29 is 9.18 Å². The van der Waals surface area contributed by atoms with Gasteiger partial charge in [0.1, 0.15) is 5.82 Å². The maximum Gasteiger partial charge on any atom is 0.266 e. The highest BCUT2D eigenvalue weighted by atomic mass is 32.2.